The van der Waals surface area contributed by atoms with E-state index in [9.17, 15) is 18.4 Å². The summed E-state index contributed by atoms with van der Waals surface area (Å²) in [6, 6.07) is 6.03. The summed E-state index contributed by atoms with van der Waals surface area (Å²) in [6.45, 7) is 1.37. The maximum absolute atomic E-state index is 14.2. The number of anilines is 1. The van der Waals surface area contributed by atoms with Crippen molar-refractivity contribution in [2.45, 2.75) is 25.8 Å². The van der Waals surface area contributed by atoms with E-state index in [0.29, 0.717) is 35.2 Å². The molecule has 0 bridgehead atoms. The first kappa shape index (κ1) is 17.4. The highest BCUT2D eigenvalue weighted by Crippen LogP contribution is 2.35. The van der Waals surface area contributed by atoms with Gasteiger partial charge < -0.3 is 10.6 Å². The van der Waals surface area contributed by atoms with E-state index in [2.05, 4.69) is 10.6 Å². The van der Waals surface area contributed by atoms with Crippen molar-refractivity contribution in [2.24, 2.45) is 0 Å². The van der Waals surface area contributed by atoms with Crippen molar-refractivity contribution in [1.29, 1.82) is 0 Å². The molecule has 2 N–H and O–H groups in total. The molecule has 3 rings (SSSR count). The van der Waals surface area contributed by atoms with Crippen molar-refractivity contribution in [1.82, 2.24) is 5.32 Å². The second kappa shape index (κ2) is 6.80. The molecule has 0 saturated carbocycles. The normalized spacial score (nSPS) is 15.6. The van der Waals surface area contributed by atoms with Gasteiger partial charge >= 0.3 is 0 Å². The molecule has 1 aliphatic rings. The summed E-state index contributed by atoms with van der Waals surface area (Å²) in [5.41, 5.74) is 1.58. The van der Waals surface area contributed by atoms with Crippen LogP contribution < -0.4 is 10.6 Å². The number of nitrogens with one attached hydrogen (secondary N) is 2. The minimum absolute atomic E-state index is 0.104. The van der Waals surface area contributed by atoms with Gasteiger partial charge in [-0.05, 0) is 48.7 Å². The summed E-state index contributed by atoms with van der Waals surface area (Å²) in [5, 5.41) is 5.23. The molecule has 7 heteroatoms. The summed E-state index contributed by atoms with van der Waals surface area (Å²) in [5.74, 6) is -1.73. The van der Waals surface area contributed by atoms with Gasteiger partial charge in [0, 0.05) is 23.7 Å². The van der Waals surface area contributed by atoms with Crippen LogP contribution in [0, 0.1) is 11.6 Å². The first-order chi connectivity index (χ1) is 11.9. The van der Waals surface area contributed by atoms with Gasteiger partial charge in [-0.2, -0.15) is 0 Å². The van der Waals surface area contributed by atoms with Gasteiger partial charge in [-0.15, -0.1) is 0 Å². The lowest BCUT2D eigenvalue weighted by atomic mass is 10.0. The molecule has 2 aromatic carbocycles. The molecule has 0 aromatic heterocycles. The number of fused-ring (bicyclic) bond motifs is 1. The van der Waals surface area contributed by atoms with Crippen LogP contribution in [0.25, 0.3) is 0 Å². The van der Waals surface area contributed by atoms with Gasteiger partial charge in [-0.3, -0.25) is 9.59 Å². The van der Waals surface area contributed by atoms with Crippen molar-refractivity contribution >= 4 is 29.1 Å². The Labute approximate surface area is 148 Å². The van der Waals surface area contributed by atoms with E-state index in [1.165, 1.54) is 31.2 Å². The standard InChI is InChI=1S/C18H15ClF2N2O2/c1-9(24)22-16-7-4-11-12(3-6-15(21)17(11)16)18(25)23-10-2-5-14(20)13(19)8-10/h2-3,5-6,8,16H,4,7H2,1H3,(H,22,24)(H,23,25). The molecule has 0 radical (unpaired) electrons. The number of carbonyl (C=O) groups is 2. The van der Waals surface area contributed by atoms with E-state index in [0.717, 1.165) is 6.07 Å². The quantitative estimate of drug-likeness (QED) is 0.865. The lowest BCUT2D eigenvalue weighted by Crippen LogP contribution is -2.25. The predicted octanol–water partition coefficient (Wildman–Crippen LogP) is 3.99. The third-order valence-electron chi connectivity index (χ3n) is 4.13. The molecule has 2 amide bonds. The smallest absolute Gasteiger partial charge is 0.255 e. The highest BCUT2D eigenvalue weighted by Gasteiger charge is 2.30. The second-order valence-electron chi connectivity index (χ2n) is 5.86. The molecule has 0 spiro atoms. The Bertz CT molecular complexity index is 870. The fraction of sp³-hybridized carbons (Fsp3) is 0.222. The van der Waals surface area contributed by atoms with Crippen LogP contribution in [0.1, 0.15) is 40.9 Å². The molecular weight excluding hydrogens is 350 g/mol. The van der Waals surface area contributed by atoms with Gasteiger partial charge in [0.1, 0.15) is 11.6 Å². The molecule has 0 heterocycles. The van der Waals surface area contributed by atoms with Crippen LogP contribution in [0.4, 0.5) is 14.5 Å². The van der Waals surface area contributed by atoms with Gasteiger partial charge in [0.25, 0.3) is 5.91 Å². The maximum Gasteiger partial charge on any atom is 0.255 e. The second-order valence-corrected chi connectivity index (χ2v) is 6.27. The van der Waals surface area contributed by atoms with Crippen molar-refractivity contribution in [2.75, 3.05) is 5.32 Å². The van der Waals surface area contributed by atoms with E-state index >= 15 is 0 Å². The highest BCUT2D eigenvalue weighted by molar-refractivity contribution is 6.31. The number of hydrogen-bond donors (Lipinski definition) is 2. The van der Waals surface area contributed by atoms with Crippen molar-refractivity contribution in [3.05, 3.63) is 63.7 Å². The molecule has 2 aromatic rings. The van der Waals surface area contributed by atoms with Crippen molar-refractivity contribution in [3.63, 3.8) is 0 Å². The predicted molar refractivity (Wildman–Crippen MR) is 90.6 cm³/mol. The van der Waals surface area contributed by atoms with E-state index in [-0.39, 0.29) is 10.9 Å². The number of carbonyl (C=O) groups excluding carboxylic acids is 2. The maximum atomic E-state index is 14.2. The Kier molecular flexibility index (Phi) is 4.72. The zero-order valence-electron chi connectivity index (χ0n) is 13.3. The molecular formula is C18H15ClF2N2O2. The fourth-order valence-electron chi connectivity index (χ4n) is 3.09. The molecule has 130 valence electrons. The topological polar surface area (TPSA) is 58.2 Å². The van der Waals surface area contributed by atoms with Crippen molar-refractivity contribution in [3.8, 4) is 0 Å². The monoisotopic (exact) mass is 364 g/mol. The molecule has 25 heavy (non-hydrogen) atoms. The Balaban J connectivity index is 1.90. The molecule has 1 unspecified atom stereocenters. The number of amides is 2. The van der Waals surface area contributed by atoms with Crippen LogP contribution >= 0.6 is 11.6 Å². The molecule has 0 aliphatic heterocycles. The van der Waals surface area contributed by atoms with Crippen LogP contribution in [0.15, 0.2) is 30.3 Å². The minimum Gasteiger partial charge on any atom is -0.349 e. The SMILES string of the molecule is CC(=O)NC1CCc2c(C(=O)Nc3ccc(F)c(Cl)c3)ccc(F)c21. The van der Waals surface area contributed by atoms with E-state index in [1.807, 2.05) is 0 Å². The summed E-state index contributed by atoms with van der Waals surface area (Å²) >= 11 is 5.71. The zero-order valence-corrected chi connectivity index (χ0v) is 14.1. The van der Waals surface area contributed by atoms with E-state index in [4.69, 9.17) is 11.6 Å². The highest BCUT2D eigenvalue weighted by atomic mass is 35.5. The summed E-state index contributed by atoms with van der Waals surface area (Å²) in [6.07, 6.45) is 1.00. The fourth-order valence-corrected chi connectivity index (χ4v) is 3.27. The average molecular weight is 365 g/mol. The zero-order chi connectivity index (χ0) is 18.1. The Morgan fingerprint density at radius 1 is 1.16 bits per heavy atom. The van der Waals surface area contributed by atoms with E-state index in [1.54, 1.807) is 0 Å². The third-order valence-corrected chi connectivity index (χ3v) is 4.42. The summed E-state index contributed by atoms with van der Waals surface area (Å²) < 4.78 is 27.4. The lowest BCUT2D eigenvalue weighted by molar-refractivity contribution is -0.119. The van der Waals surface area contributed by atoms with Crippen LogP contribution in [0.2, 0.25) is 5.02 Å². The van der Waals surface area contributed by atoms with Crippen molar-refractivity contribution < 1.29 is 18.4 Å². The first-order valence-corrected chi connectivity index (χ1v) is 8.09. The van der Waals surface area contributed by atoms with Gasteiger partial charge in [0.15, 0.2) is 0 Å². The number of rotatable bonds is 3. The van der Waals surface area contributed by atoms with Gasteiger partial charge in [0.2, 0.25) is 5.91 Å². The van der Waals surface area contributed by atoms with Crippen LogP contribution in [0.3, 0.4) is 0 Å². The average Bonchev–Trinajstić information content (AvgIpc) is 2.95. The molecule has 4 nitrogen and oxygen atoms in total. The van der Waals surface area contributed by atoms with Gasteiger partial charge in [-0.1, -0.05) is 11.6 Å². The van der Waals surface area contributed by atoms with Crippen LogP contribution in [-0.4, -0.2) is 11.8 Å². The van der Waals surface area contributed by atoms with E-state index < -0.39 is 23.6 Å². The number of benzene rings is 2. The summed E-state index contributed by atoms with van der Waals surface area (Å²) in [4.78, 5) is 23.8. The molecule has 0 fully saturated rings. The number of halogens is 3. The van der Waals surface area contributed by atoms with Gasteiger partial charge in [0.05, 0.1) is 11.1 Å². The minimum atomic E-state index is -0.583. The molecule has 0 saturated heterocycles. The molecule has 1 atom stereocenters. The molecule has 1 aliphatic carbocycles. The largest absolute Gasteiger partial charge is 0.349 e. The van der Waals surface area contributed by atoms with Crippen LogP contribution in [0.5, 0.6) is 0 Å². The number of hydrogen-bond acceptors (Lipinski definition) is 2. The Morgan fingerprint density at radius 2 is 1.88 bits per heavy atom. The first-order valence-electron chi connectivity index (χ1n) is 7.71. The van der Waals surface area contributed by atoms with Gasteiger partial charge in [-0.25, -0.2) is 8.78 Å². The summed E-state index contributed by atoms with van der Waals surface area (Å²) in [7, 11) is 0. The third kappa shape index (κ3) is 3.49. The Hall–Kier alpha value is -2.47. The Morgan fingerprint density at radius 3 is 2.56 bits per heavy atom. The lowest BCUT2D eigenvalue weighted by Gasteiger charge is -2.15. The van der Waals surface area contributed by atoms with Crippen LogP contribution in [-0.2, 0) is 11.2 Å².